The van der Waals surface area contributed by atoms with Gasteiger partial charge in [-0.3, -0.25) is 14.9 Å². The normalized spacial score (nSPS) is 15.4. The van der Waals surface area contributed by atoms with E-state index in [1.54, 1.807) is 24.5 Å². The van der Waals surface area contributed by atoms with Gasteiger partial charge in [-0.15, -0.1) is 0 Å². The van der Waals surface area contributed by atoms with Gasteiger partial charge in [-0.25, -0.2) is 9.97 Å². The van der Waals surface area contributed by atoms with Crippen molar-refractivity contribution in [2.45, 2.75) is 0 Å². The third kappa shape index (κ3) is 4.53. The molecule has 2 heterocycles. The lowest BCUT2D eigenvalue weighted by atomic mass is 10.2. The Morgan fingerprint density at radius 1 is 1.17 bits per heavy atom. The maximum atomic E-state index is 11.9. The number of rotatable bonds is 4. The molecule has 0 atom stereocenters. The third-order valence-electron chi connectivity index (χ3n) is 2.84. The lowest BCUT2D eigenvalue weighted by Gasteiger charge is -2.02. The van der Waals surface area contributed by atoms with Crippen LogP contribution >= 0.6 is 23.5 Å². The van der Waals surface area contributed by atoms with Crippen molar-refractivity contribution in [2.24, 2.45) is 4.99 Å². The second-order valence-corrected chi connectivity index (χ2v) is 6.87. The highest BCUT2D eigenvalue weighted by molar-refractivity contribution is 8.41. The summed E-state index contributed by atoms with van der Waals surface area (Å²) >= 11 is 2.49. The minimum atomic E-state index is -0.279. The molecule has 2 amide bonds. The zero-order chi connectivity index (χ0) is 16.8. The Morgan fingerprint density at radius 2 is 1.92 bits per heavy atom. The minimum Gasteiger partial charge on any atom is -0.294 e. The number of aliphatic imine (C=N–C) groups is 1. The van der Waals surface area contributed by atoms with E-state index < -0.39 is 0 Å². The van der Waals surface area contributed by atoms with Gasteiger partial charge in [-0.2, -0.15) is 4.99 Å². The molecule has 0 spiro atoms. The Labute approximate surface area is 146 Å². The van der Waals surface area contributed by atoms with E-state index in [-0.39, 0.29) is 23.5 Å². The molecule has 0 bridgehead atoms. The first-order valence-electron chi connectivity index (χ1n) is 6.98. The minimum absolute atomic E-state index is 0.135. The van der Waals surface area contributed by atoms with Crippen LogP contribution in [0.3, 0.4) is 0 Å². The Kier molecular flexibility index (Phi) is 5.39. The van der Waals surface area contributed by atoms with E-state index in [4.69, 9.17) is 0 Å². The number of nitrogens with zero attached hydrogens (tertiary/aromatic N) is 3. The predicted octanol–water partition coefficient (Wildman–Crippen LogP) is 2.82. The Hall–Kier alpha value is -2.45. The van der Waals surface area contributed by atoms with Crippen molar-refractivity contribution in [3.63, 3.8) is 0 Å². The first-order chi connectivity index (χ1) is 11.7. The van der Waals surface area contributed by atoms with Gasteiger partial charge in [0.25, 0.3) is 5.91 Å². The molecule has 24 heavy (non-hydrogen) atoms. The summed E-state index contributed by atoms with van der Waals surface area (Å²) in [5.41, 5.74) is 0.939. The fourth-order valence-electron chi connectivity index (χ4n) is 1.80. The average molecular weight is 356 g/mol. The number of hydrogen-bond acceptors (Lipinski definition) is 6. The number of carbonyl (C=O) groups is 2. The summed E-state index contributed by atoms with van der Waals surface area (Å²) in [5.74, 6) is -0.138. The molecular weight excluding hydrogens is 344 g/mol. The molecule has 1 aromatic carbocycles. The Bertz CT molecular complexity index is 807. The van der Waals surface area contributed by atoms with E-state index in [1.165, 1.54) is 23.5 Å². The van der Waals surface area contributed by atoms with Crippen LogP contribution in [0.5, 0.6) is 0 Å². The van der Waals surface area contributed by atoms with Crippen molar-refractivity contribution in [3.05, 3.63) is 59.3 Å². The van der Waals surface area contributed by atoms with Crippen LogP contribution < -0.4 is 5.32 Å². The molecule has 0 aliphatic carbocycles. The van der Waals surface area contributed by atoms with Crippen LogP contribution in [0, 0.1) is 0 Å². The van der Waals surface area contributed by atoms with Crippen LogP contribution in [0.1, 0.15) is 5.56 Å². The fraction of sp³-hybridized carbons (Fsp3) is 0.0625. The predicted molar refractivity (Wildman–Crippen MR) is 97.6 cm³/mol. The number of benzene rings is 1. The smallest absolute Gasteiger partial charge is 0.285 e. The van der Waals surface area contributed by atoms with E-state index >= 15 is 0 Å². The lowest BCUT2D eigenvalue weighted by Crippen LogP contribution is -2.16. The van der Waals surface area contributed by atoms with E-state index in [1.807, 2.05) is 30.3 Å². The van der Waals surface area contributed by atoms with Gasteiger partial charge >= 0.3 is 0 Å². The van der Waals surface area contributed by atoms with Crippen molar-refractivity contribution in [1.29, 1.82) is 0 Å². The van der Waals surface area contributed by atoms with Gasteiger partial charge in [0.1, 0.15) is 4.38 Å². The molecule has 0 unspecified atom stereocenters. The van der Waals surface area contributed by atoms with E-state index in [0.717, 1.165) is 5.56 Å². The second-order valence-electron chi connectivity index (χ2n) is 4.61. The number of thioether (sulfide) groups is 2. The fourth-order valence-corrected chi connectivity index (χ4v) is 3.60. The van der Waals surface area contributed by atoms with E-state index in [0.29, 0.717) is 9.28 Å². The average Bonchev–Trinajstić information content (AvgIpc) is 2.95. The van der Waals surface area contributed by atoms with Gasteiger partial charge < -0.3 is 0 Å². The van der Waals surface area contributed by atoms with E-state index in [9.17, 15) is 9.59 Å². The molecule has 1 aliphatic rings. The Morgan fingerprint density at radius 3 is 2.67 bits per heavy atom. The van der Waals surface area contributed by atoms with Gasteiger partial charge in [0.15, 0.2) is 0 Å². The molecular formula is C16H12N4O2S2. The molecule has 0 fully saturated rings. The monoisotopic (exact) mass is 356 g/mol. The van der Waals surface area contributed by atoms with Crippen molar-refractivity contribution in [2.75, 3.05) is 11.1 Å². The molecule has 3 rings (SSSR count). The first kappa shape index (κ1) is 16.4. The number of amides is 2. The summed E-state index contributed by atoms with van der Waals surface area (Å²) < 4.78 is 0.561. The van der Waals surface area contributed by atoms with Crippen LogP contribution in [-0.2, 0) is 9.59 Å². The number of nitrogens with one attached hydrogen (secondary N) is 1. The molecule has 6 nitrogen and oxygen atoms in total. The van der Waals surface area contributed by atoms with Crippen LogP contribution in [0.4, 0.5) is 5.95 Å². The first-order valence-corrected chi connectivity index (χ1v) is 8.78. The summed E-state index contributed by atoms with van der Waals surface area (Å²) in [4.78, 5) is 36.1. The highest BCUT2D eigenvalue weighted by Gasteiger charge is 2.22. The molecule has 0 radical (unpaired) electrons. The van der Waals surface area contributed by atoms with E-state index in [2.05, 4.69) is 20.3 Å². The molecule has 1 aliphatic heterocycles. The van der Waals surface area contributed by atoms with Crippen molar-refractivity contribution < 1.29 is 9.59 Å². The lowest BCUT2D eigenvalue weighted by molar-refractivity contribution is -0.114. The Balaban J connectivity index is 1.54. The van der Waals surface area contributed by atoms with Crippen molar-refractivity contribution in [3.8, 4) is 0 Å². The molecule has 0 saturated carbocycles. The zero-order valence-electron chi connectivity index (χ0n) is 12.4. The summed E-state index contributed by atoms with van der Waals surface area (Å²) in [5, 5.41) is 2.58. The van der Waals surface area contributed by atoms with Crippen LogP contribution in [0.15, 0.2) is 58.7 Å². The number of aromatic nitrogens is 2. The quantitative estimate of drug-likeness (QED) is 0.848. The van der Waals surface area contributed by atoms with Gasteiger partial charge in [-0.1, -0.05) is 53.9 Å². The molecule has 1 aromatic heterocycles. The van der Waals surface area contributed by atoms with Gasteiger partial charge in [0, 0.05) is 12.4 Å². The molecule has 120 valence electrons. The molecule has 8 heteroatoms. The molecule has 0 saturated heterocycles. The van der Waals surface area contributed by atoms with Gasteiger partial charge in [-0.05, 0) is 17.7 Å². The number of carbonyl (C=O) groups excluding carboxylic acids is 2. The van der Waals surface area contributed by atoms with Crippen LogP contribution in [-0.4, -0.2) is 31.9 Å². The zero-order valence-corrected chi connectivity index (χ0v) is 14.0. The number of anilines is 1. The summed E-state index contributed by atoms with van der Waals surface area (Å²) in [6.45, 7) is 0. The largest absolute Gasteiger partial charge is 0.294 e. The summed E-state index contributed by atoms with van der Waals surface area (Å²) in [6, 6.07) is 11.2. The van der Waals surface area contributed by atoms with Crippen molar-refractivity contribution >= 4 is 51.7 Å². The summed E-state index contributed by atoms with van der Waals surface area (Å²) in [6.07, 6.45) is 4.89. The van der Waals surface area contributed by atoms with Crippen LogP contribution in [0.25, 0.3) is 6.08 Å². The maximum Gasteiger partial charge on any atom is 0.285 e. The highest BCUT2D eigenvalue weighted by Crippen LogP contribution is 2.33. The summed E-state index contributed by atoms with van der Waals surface area (Å²) in [7, 11) is 0. The van der Waals surface area contributed by atoms with Crippen LogP contribution in [0.2, 0.25) is 0 Å². The standard InChI is InChI=1S/C16H12N4O2S2/c21-13(19-15-17-7-4-8-18-15)10-23-16-20-14(22)12(24-16)9-11-5-2-1-3-6-11/h1-9H,10H2,(H,17,18,19,21)/b12-9-. The topological polar surface area (TPSA) is 84.3 Å². The molecule has 1 N–H and O–H groups in total. The number of hydrogen-bond donors (Lipinski definition) is 1. The molecule has 2 aromatic rings. The third-order valence-corrected chi connectivity index (χ3v) is 4.97. The SMILES string of the molecule is O=C(CSC1=NC(=O)/C(=C/c2ccccc2)S1)Nc1ncccn1. The van der Waals surface area contributed by atoms with Gasteiger partial charge in [0.2, 0.25) is 11.9 Å². The maximum absolute atomic E-state index is 11.9. The second kappa shape index (κ2) is 7.89. The highest BCUT2D eigenvalue weighted by atomic mass is 32.2. The van der Waals surface area contributed by atoms with Gasteiger partial charge in [0.05, 0.1) is 10.7 Å². The van der Waals surface area contributed by atoms with Crippen molar-refractivity contribution in [1.82, 2.24) is 9.97 Å².